The topological polar surface area (TPSA) is 41.1 Å². The van der Waals surface area contributed by atoms with Crippen LogP contribution in [0.4, 0.5) is 11.8 Å². The fraction of sp³-hybridized carbons (Fsp3) is 0.333. The third-order valence-corrected chi connectivity index (χ3v) is 4.23. The lowest BCUT2D eigenvalue weighted by molar-refractivity contribution is 0.725. The van der Waals surface area contributed by atoms with E-state index in [2.05, 4.69) is 43.0 Å². The van der Waals surface area contributed by atoms with Gasteiger partial charge in [-0.15, -0.1) is 0 Å². The Morgan fingerprint density at radius 2 is 2.10 bits per heavy atom. The van der Waals surface area contributed by atoms with Crippen LogP contribution in [-0.2, 0) is 0 Å². The maximum Gasteiger partial charge on any atom is 0.224 e. The molecular formula is C15H18BrClN4. The average Bonchev–Trinajstić information content (AvgIpc) is 2.48. The van der Waals surface area contributed by atoms with Gasteiger partial charge in [0.05, 0.1) is 10.5 Å². The lowest BCUT2D eigenvalue weighted by Crippen LogP contribution is -2.24. The van der Waals surface area contributed by atoms with E-state index in [0.717, 1.165) is 27.4 Å². The van der Waals surface area contributed by atoms with Gasteiger partial charge in [0.15, 0.2) is 0 Å². The molecule has 112 valence electrons. The Morgan fingerprint density at radius 3 is 2.76 bits per heavy atom. The van der Waals surface area contributed by atoms with Crippen LogP contribution in [-0.4, -0.2) is 23.6 Å². The number of anilines is 2. The second kappa shape index (κ2) is 7.09. The van der Waals surface area contributed by atoms with Gasteiger partial charge < -0.3 is 10.2 Å². The molecule has 0 fully saturated rings. The Balaban J connectivity index is 2.33. The molecule has 0 saturated heterocycles. The van der Waals surface area contributed by atoms with E-state index < -0.39 is 0 Å². The van der Waals surface area contributed by atoms with Gasteiger partial charge in [0, 0.05) is 24.8 Å². The smallest absolute Gasteiger partial charge is 0.224 e. The molecule has 0 saturated carbocycles. The summed E-state index contributed by atoms with van der Waals surface area (Å²) in [6.45, 7) is 4.90. The minimum Gasteiger partial charge on any atom is -0.354 e. The molecule has 1 aromatic carbocycles. The van der Waals surface area contributed by atoms with Crippen molar-refractivity contribution in [3.8, 4) is 0 Å². The predicted molar refractivity (Wildman–Crippen MR) is 92.2 cm³/mol. The minimum absolute atomic E-state index is 0.0966. The zero-order valence-electron chi connectivity index (χ0n) is 12.3. The molecule has 2 rings (SSSR count). The van der Waals surface area contributed by atoms with Crippen LogP contribution in [0.15, 0.2) is 34.9 Å². The van der Waals surface area contributed by atoms with E-state index in [0.29, 0.717) is 5.95 Å². The maximum absolute atomic E-state index is 6.29. The van der Waals surface area contributed by atoms with Crippen molar-refractivity contribution < 1.29 is 0 Å². The molecule has 0 aliphatic heterocycles. The van der Waals surface area contributed by atoms with Crippen LogP contribution >= 0.6 is 27.5 Å². The molecular weight excluding hydrogens is 352 g/mol. The van der Waals surface area contributed by atoms with Gasteiger partial charge in [-0.2, -0.15) is 4.98 Å². The lowest BCUT2D eigenvalue weighted by Gasteiger charge is -2.28. The third kappa shape index (κ3) is 3.66. The highest BCUT2D eigenvalue weighted by Gasteiger charge is 2.18. The third-order valence-electron chi connectivity index (χ3n) is 3.33. The first-order chi connectivity index (χ1) is 10.0. The molecule has 0 aliphatic carbocycles. The number of nitrogens with zero attached hydrogens (tertiary/aromatic N) is 3. The molecule has 0 bridgehead atoms. The molecule has 0 aliphatic rings. The van der Waals surface area contributed by atoms with Gasteiger partial charge in [-0.05, 0) is 41.4 Å². The normalized spacial score (nSPS) is 12.0. The highest BCUT2D eigenvalue weighted by molar-refractivity contribution is 9.10. The summed E-state index contributed by atoms with van der Waals surface area (Å²) in [7, 11) is 2.00. The highest BCUT2D eigenvalue weighted by atomic mass is 79.9. The van der Waals surface area contributed by atoms with Crippen LogP contribution in [0.25, 0.3) is 0 Å². The van der Waals surface area contributed by atoms with Crippen molar-refractivity contribution in [1.82, 2.24) is 9.97 Å². The fourth-order valence-corrected chi connectivity index (χ4v) is 2.82. The maximum atomic E-state index is 6.29. The van der Waals surface area contributed by atoms with Crippen LogP contribution in [0.3, 0.4) is 0 Å². The standard InChI is InChI=1S/C15H18BrClN4/c1-4-18-15-19-9-12(16)14(20-15)21(3)10(2)11-7-5-6-8-13(11)17/h5-10H,4H2,1-3H3,(H,18,19,20). The van der Waals surface area contributed by atoms with Crippen LogP contribution in [0.5, 0.6) is 0 Å². The van der Waals surface area contributed by atoms with Gasteiger partial charge in [0.25, 0.3) is 0 Å². The van der Waals surface area contributed by atoms with Gasteiger partial charge in [-0.1, -0.05) is 29.8 Å². The van der Waals surface area contributed by atoms with Crippen LogP contribution in [0.1, 0.15) is 25.5 Å². The van der Waals surface area contributed by atoms with Crippen LogP contribution in [0, 0.1) is 0 Å². The summed E-state index contributed by atoms with van der Waals surface area (Å²) in [6, 6.07) is 7.95. The van der Waals surface area contributed by atoms with Crippen molar-refractivity contribution in [2.24, 2.45) is 0 Å². The minimum atomic E-state index is 0.0966. The monoisotopic (exact) mass is 368 g/mol. The van der Waals surface area contributed by atoms with E-state index >= 15 is 0 Å². The lowest BCUT2D eigenvalue weighted by atomic mass is 10.1. The Morgan fingerprint density at radius 1 is 1.38 bits per heavy atom. The molecule has 6 heteroatoms. The summed E-state index contributed by atoms with van der Waals surface area (Å²) in [4.78, 5) is 10.9. The molecule has 1 atom stereocenters. The first-order valence-corrected chi connectivity index (χ1v) is 7.95. The molecule has 21 heavy (non-hydrogen) atoms. The van der Waals surface area contributed by atoms with E-state index in [1.165, 1.54) is 0 Å². The van der Waals surface area contributed by atoms with E-state index in [9.17, 15) is 0 Å². The quantitative estimate of drug-likeness (QED) is 0.841. The van der Waals surface area contributed by atoms with E-state index in [4.69, 9.17) is 11.6 Å². The summed E-state index contributed by atoms with van der Waals surface area (Å²) in [6.07, 6.45) is 1.76. The van der Waals surface area contributed by atoms with Gasteiger partial charge in [-0.25, -0.2) is 4.98 Å². The Bertz CT molecular complexity index is 620. The van der Waals surface area contributed by atoms with Crippen molar-refractivity contribution in [3.05, 3.63) is 45.5 Å². The molecule has 1 heterocycles. The van der Waals surface area contributed by atoms with Crippen molar-refractivity contribution >= 4 is 39.3 Å². The second-order valence-corrected chi connectivity index (χ2v) is 5.97. The first kappa shape index (κ1) is 16.0. The van der Waals surface area contributed by atoms with Gasteiger partial charge in [0.2, 0.25) is 5.95 Å². The molecule has 1 unspecified atom stereocenters. The summed E-state index contributed by atoms with van der Waals surface area (Å²) in [5.74, 6) is 1.45. The molecule has 0 radical (unpaired) electrons. The number of nitrogens with one attached hydrogen (secondary N) is 1. The number of aromatic nitrogens is 2. The van der Waals surface area contributed by atoms with Crippen molar-refractivity contribution in [1.29, 1.82) is 0 Å². The summed E-state index contributed by atoms with van der Waals surface area (Å²) < 4.78 is 0.852. The SMILES string of the molecule is CCNc1ncc(Br)c(N(C)C(C)c2ccccc2Cl)n1. The van der Waals surface area contributed by atoms with Gasteiger partial charge >= 0.3 is 0 Å². The Kier molecular flexibility index (Phi) is 5.42. The van der Waals surface area contributed by atoms with Crippen molar-refractivity contribution in [2.45, 2.75) is 19.9 Å². The van der Waals surface area contributed by atoms with E-state index in [-0.39, 0.29) is 6.04 Å². The van der Waals surface area contributed by atoms with Gasteiger partial charge in [0.1, 0.15) is 5.82 Å². The Labute approximate surface area is 138 Å². The highest BCUT2D eigenvalue weighted by Crippen LogP contribution is 2.32. The number of hydrogen-bond donors (Lipinski definition) is 1. The van der Waals surface area contributed by atoms with Crippen molar-refractivity contribution in [2.75, 3.05) is 23.8 Å². The second-order valence-electron chi connectivity index (χ2n) is 4.70. The van der Waals surface area contributed by atoms with Crippen LogP contribution < -0.4 is 10.2 Å². The first-order valence-electron chi connectivity index (χ1n) is 6.78. The van der Waals surface area contributed by atoms with Crippen molar-refractivity contribution in [3.63, 3.8) is 0 Å². The van der Waals surface area contributed by atoms with Crippen LogP contribution in [0.2, 0.25) is 5.02 Å². The molecule has 2 aromatic rings. The molecule has 0 spiro atoms. The molecule has 1 N–H and O–H groups in total. The fourth-order valence-electron chi connectivity index (χ4n) is 2.05. The number of benzene rings is 1. The zero-order chi connectivity index (χ0) is 15.4. The van der Waals surface area contributed by atoms with Gasteiger partial charge in [-0.3, -0.25) is 0 Å². The summed E-state index contributed by atoms with van der Waals surface area (Å²) >= 11 is 9.80. The number of hydrogen-bond acceptors (Lipinski definition) is 4. The predicted octanol–water partition coefficient (Wildman–Crippen LogP) is 4.52. The summed E-state index contributed by atoms with van der Waals surface area (Å²) in [5, 5.41) is 3.88. The number of rotatable bonds is 5. The molecule has 0 amide bonds. The average molecular weight is 370 g/mol. The molecule has 1 aromatic heterocycles. The van der Waals surface area contributed by atoms with E-state index in [1.807, 2.05) is 38.2 Å². The summed E-state index contributed by atoms with van der Waals surface area (Å²) in [5.41, 5.74) is 1.07. The molecule has 4 nitrogen and oxygen atoms in total. The van der Waals surface area contributed by atoms with E-state index in [1.54, 1.807) is 6.20 Å². The zero-order valence-corrected chi connectivity index (χ0v) is 14.6. The Hall–Kier alpha value is -1.33. The number of halogens is 2. The largest absolute Gasteiger partial charge is 0.354 e.